The van der Waals surface area contributed by atoms with Gasteiger partial charge < -0.3 is 0 Å². The van der Waals surface area contributed by atoms with E-state index in [9.17, 15) is 0 Å². The van der Waals surface area contributed by atoms with Crippen LogP contribution in [-0.2, 0) is 5.41 Å². The monoisotopic (exact) mass is 754 g/mol. The van der Waals surface area contributed by atoms with Gasteiger partial charge in [-0.25, -0.2) is 4.99 Å². The van der Waals surface area contributed by atoms with Crippen molar-refractivity contribution in [2.45, 2.75) is 19.3 Å². The first-order chi connectivity index (χ1) is 28.9. The van der Waals surface area contributed by atoms with Crippen LogP contribution in [0.2, 0.25) is 0 Å². The second kappa shape index (κ2) is 14.8. The molecule has 1 aliphatic rings. The molecule has 0 saturated heterocycles. The van der Waals surface area contributed by atoms with Gasteiger partial charge in [0.1, 0.15) is 0 Å². The summed E-state index contributed by atoms with van der Waals surface area (Å²) in [4.78, 5) is 4.97. The number of allylic oxidation sites excluding steroid dienone is 1. The molecule has 0 spiro atoms. The Hall–Kier alpha value is -7.42. The third-order valence-electron chi connectivity index (χ3n) is 12.0. The molecule has 9 aromatic carbocycles. The van der Waals surface area contributed by atoms with Crippen molar-refractivity contribution in [1.82, 2.24) is 0 Å². The quantitative estimate of drug-likeness (QED) is 0.124. The Morgan fingerprint density at radius 2 is 1.02 bits per heavy atom. The maximum atomic E-state index is 9.02. The number of nitrogens with one attached hydrogen (secondary N) is 1. The second-order valence-electron chi connectivity index (χ2n) is 15.9. The van der Waals surface area contributed by atoms with Crippen LogP contribution in [0.3, 0.4) is 0 Å². The van der Waals surface area contributed by atoms with Crippen LogP contribution in [0.5, 0.6) is 0 Å². The van der Waals surface area contributed by atoms with Crippen molar-refractivity contribution in [2.75, 3.05) is 0 Å². The van der Waals surface area contributed by atoms with Crippen LogP contribution in [0.1, 0.15) is 41.7 Å². The summed E-state index contributed by atoms with van der Waals surface area (Å²) in [6.45, 7) is 4.68. The van der Waals surface area contributed by atoms with Crippen LogP contribution < -0.4 is 0 Å². The van der Waals surface area contributed by atoms with E-state index in [1.807, 2.05) is 30.3 Å². The van der Waals surface area contributed by atoms with Crippen molar-refractivity contribution in [3.63, 3.8) is 0 Å². The van der Waals surface area contributed by atoms with E-state index in [2.05, 4.69) is 196 Å². The molecule has 0 saturated carbocycles. The van der Waals surface area contributed by atoms with E-state index in [1.54, 1.807) is 0 Å². The summed E-state index contributed by atoms with van der Waals surface area (Å²) in [5, 5.41) is 13.8. The molecule has 1 aliphatic carbocycles. The zero-order chi connectivity index (χ0) is 39.9. The SMILES string of the molecule is CC1(C)c2ccccc2-c2ccc(-c3cccc(-c4ccc(/C=C/C(=NC(=N)c5ccccc5)c5cccc(-c6cccc7ccccc67)c5)c5ccccc45)c3)cc21. The third kappa shape index (κ3) is 6.59. The van der Waals surface area contributed by atoms with E-state index < -0.39 is 0 Å². The van der Waals surface area contributed by atoms with Gasteiger partial charge in [-0.05, 0) is 107 Å². The smallest absolute Gasteiger partial charge is 0.152 e. The lowest BCUT2D eigenvalue weighted by atomic mass is 9.81. The molecule has 1 N–H and O–H groups in total. The van der Waals surface area contributed by atoms with Crippen molar-refractivity contribution >= 4 is 39.2 Å². The van der Waals surface area contributed by atoms with Crippen molar-refractivity contribution < 1.29 is 0 Å². The van der Waals surface area contributed by atoms with Crippen LogP contribution in [0.4, 0.5) is 0 Å². The van der Waals surface area contributed by atoms with E-state index in [0.29, 0.717) is 0 Å². The fraction of sp³-hybridized carbons (Fsp3) is 0.0526. The van der Waals surface area contributed by atoms with E-state index >= 15 is 0 Å². The number of aliphatic imine (C=N–C) groups is 1. The zero-order valence-corrected chi connectivity index (χ0v) is 33.2. The number of hydrogen-bond donors (Lipinski definition) is 1. The van der Waals surface area contributed by atoms with Gasteiger partial charge >= 0.3 is 0 Å². The molecular formula is C57H42N2. The van der Waals surface area contributed by atoms with E-state index in [0.717, 1.165) is 33.4 Å². The van der Waals surface area contributed by atoms with Crippen LogP contribution >= 0.6 is 0 Å². The molecule has 59 heavy (non-hydrogen) atoms. The van der Waals surface area contributed by atoms with Crippen molar-refractivity contribution in [3.8, 4) is 44.5 Å². The summed E-state index contributed by atoms with van der Waals surface area (Å²) in [7, 11) is 0. The molecule has 0 unspecified atom stereocenters. The molecule has 2 nitrogen and oxygen atoms in total. The van der Waals surface area contributed by atoms with Crippen molar-refractivity contribution in [3.05, 3.63) is 234 Å². The van der Waals surface area contributed by atoms with Crippen molar-refractivity contribution in [1.29, 1.82) is 5.41 Å². The molecule has 0 radical (unpaired) electrons. The number of nitrogens with zero attached hydrogens (tertiary/aromatic N) is 1. The first-order valence-electron chi connectivity index (χ1n) is 20.3. The number of rotatable bonds is 7. The lowest BCUT2D eigenvalue weighted by molar-refractivity contribution is 0.660. The molecule has 0 aliphatic heterocycles. The Morgan fingerprint density at radius 1 is 0.441 bits per heavy atom. The maximum Gasteiger partial charge on any atom is 0.152 e. The minimum atomic E-state index is -0.0505. The molecular weight excluding hydrogens is 713 g/mol. The average Bonchev–Trinajstić information content (AvgIpc) is 3.53. The van der Waals surface area contributed by atoms with Crippen LogP contribution in [0.15, 0.2) is 211 Å². The van der Waals surface area contributed by atoms with E-state index in [-0.39, 0.29) is 11.3 Å². The van der Waals surface area contributed by atoms with Gasteiger partial charge in [-0.15, -0.1) is 0 Å². The first-order valence-corrected chi connectivity index (χ1v) is 20.3. The third-order valence-corrected chi connectivity index (χ3v) is 12.0. The number of hydrogen-bond acceptors (Lipinski definition) is 1. The molecule has 0 fully saturated rings. The second-order valence-corrected chi connectivity index (χ2v) is 15.9. The fourth-order valence-corrected chi connectivity index (χ4v) is 8.94. The van der Waals surface area contributed by atoms with Crippen molar-refractivity contribution in [2.24, 2.45) is 4.99 Å². The van der Waals surface area contributed by atoms with Crippen LogP contribution in [0.25, 0.3) is 72.1 Å². The highest BCUT2D eigenvalue weighted by Gasteiger charge is 2.35. The summed E-state index contributed by atoms with van der Waals surface area (Å²) in [6, 6.07) is 71.0. The maximum absolute atomic E-state index is 9.02. The highest BCUT2D eigenvalue weighted by atomic mass is 14.8. The Morgan fingerprint density at radius 3 is 1.88 bits per heavy atom. The van der Waals surface area contributed by atoms with Gasteiger partial charge in [0.2, 0.25) is 0 Å². The fourth-order valence-electron chi connectivity index (χ4n) is 8.94. The molecule has 0 bridgehead atoms. The molecule has 0 heterocycles. The van der Waals surface area contributed by atoms with E-state index in [4.69, 9.17) is 10.4 Å². The van der Waals surface area contributed by atoms with Gasteiger partial charge in [0, 0.05) is 16.5 Å². The van der Waals surface area contributed by atoms with Gasteiger partial charge in [-0.1, -0.05) is 202 Å². The first kappa shape index (κ1) is 36.0. The van der Waals surface area contributed by atoms with Gasteiger partial charge in [0.15, 0.2) is 5.84 Å². The predicted molar refractivity (Wildman–Crippen MR) is 251 cm³/mol. The average molecular weight is 755 g/mol. The molecule has 280 valence electrons. The summed E-state index contributed by atoms with van der Waals surface area (Å²) < 4.78 is 0. The number of amidine groups is 1. The highest BCUT2D eigenvalue weighted by Crippen LogP contribution is 2.49. The Balaban J connectivity index is 1.02. The summed E-state index contributed by atoms with van der Waals surface area (Å²) in [5.41, 5.74) is 16.0. The van der Waals surface area contributed by atoms with Gasteiger partial charge in [-0.3, -0.25) is 5.41 Å². The molecule has 9 aromatic rings. The standard InChI is InChI=1S/C57H42N2/c1-57(2)53-28-11-10-26-51(53)52-33-30-42(37-54(52)57)41-19-12-20-43(35-41)49-32-29-39(47-24-8-9-25-50(47)49)31-34-55(59-56(58)40-16-4-3-5-17-40)45-22-13-21-44(36-45)48-27-14-18-38-15-6-7-23-46(38)48/h3-37,58H,1-2H3/b34-31+,58-56?,59-55?. The van der Waals surface area contributed by atoms with Gasteiger partial charge in [0.25, 0.3) is 0 Å². The minimum absolute atomic E-state index is 0.0505. The Labute approximate surface area is 346 Å². The Bertz CT molecular complexity index is 3140. The lowest BCUT2D eigenvalue weighted by Gasteiger charge is -2.22. The van der Waals surface area contributed by atoms with E-state index in [1.165, 1.54) is 66.2 Å². The number of benzene rings is 9. The largest absolute Gasteiger partial charge is 0.282 e. The van der Waals surface area contributed by atoms with Crippen LogP contribution in [0, 0.1) is 5.41 Å². The summed E-state index contributed by atoms with van der Waals surface area (Å²) in [5.74, 6) is 0.220. The topological polar surface area (TPSA) is 36.2 Å². The molecule has 10 rings (SSSR count). The molecule has 0 amide bonds. The molecule has 0 aromatic heterocycles. The lowest BCUT2D eigenvalue weighted by Crippen LogP contribution is -2.14. The van der Waals surface area contributed by atoms with Gasteiger partial charge in [0.05, 0.1) is 5.71 Å². The minimum Gasteiger partial charge on any atom is -0.282 e. The molecule has 0 atom stereocenters. The van der Waals surface area contributed by atoms with Crippen LogP contribution in [-0.4, -0.2) is 11.5 Å². The summed E-state index contributed by atoms with van der Waals surface area (Å²) >= 11 is 0. The normalized spacial score (nSPS) is 13.2. The number of fused-ring (bicyclic) bond motifs is 5. The highest BCUT2D eigenvalue weighted by molar-refractivity contribution is 6.18. The zero-order valence-electron chi connectivity index (χ0n) is 33.2. The van der Waals surface area contributed by atoms with Gasteiger partial charge in [-0.2, -0.15) is 0 Å². The Kier molecular flexibility index (Phi) is 9.03. The molecule has 2 heteroatoms. The summed E-state index contributed by atoms with van der Waals surface area (Å²) in [6.07, 6.45) is 4.21. The predicted octanol–water partition coefficient (Wildman–Crippen LogP) is 14.8.